The molecule has 1 aliphatic carbocycles. The summed E-state index contributed by atoms with van der Waals surface area (Å²) in [5, 5.41) is 30.1. The van der Waals surface area contributed by atoms with Gasteiger partial charge >= 0.3 is 6.09 Å². The standard InChI is InChI=1S/C22H21ClN4O4/c23-19-9-16(21(24)27-26-19)20(29)18(28)10-25-22(30)31-11-17-14-7-3-1-5-12(14)13-6-2-4-8-15(13)17/h1-9,17-18,20,28-29H,10-11H2,(H2,24,27)(H,25,30). The van der Waals surface area contributed by atoms with Gasteiger partial charge in [0, 0.05) is 18.0 Å². The summed E-state index contributed by atoms with van der Waals surface area (Å²) in [6.07, 6.45) is -3.45. The second-order valence-electron chi connectivity index (χ2n) is 7.23. The summed E-state index contributed by atoms with van der Waals surface area (Å²) in [4.78, 5) is 12.2. The van der Waals surface area contributed by atoms with Gasteiger partial charge in [-0.05, 0) is 28.3 Å². The van der Waals surface area contributed by atoms with Gasteiger partial charge in [-0.15, -0.1) is 10.2 Å². The molecule has 0 fully saturated rings. The number of aromatic nitrogens is 2. The van der Waals surface area contributed by atoms with E-state index in [4.69, 9.17) is 22.1 Å². The molecule has 9 heteroatoms. The van der Waals surface area contributed by atoms with Crippen molar-refractivity contribution in [2.24, 2.45) is 0 Å². The van der Waals surface area contributed by atoms with Gasteiger partial charge in [-0.25, -0.2) is 4.79 Å². The molecule has 2 atom stereocenters. The number of aliphatic hydroxyl groups excluding tert-OH is 2. The minimum absolute atomic E-state index is 0.0277. The first-order valence-electron chi connectivity index (χ1n) is 9.69. The third kappa shape index (κ3) is 4.32. The van der Waals surface area contributed by atoms with Crippen LogP contribution in [-0.4, -0.2) is 45.8 Å². The van der Waals surface area contributed by atoms with E-state index in [1.165, 1.54) is 6.07 Å². The Kier molecular flexibility index (Phi) is 6.03. The first-order valence-corrected chi connectivity index (χ1v) is 10.1. The van der Waals surface area contributed by atoms with E-state index in [0.29, 0.717) is 0 Å². The fourth-order valence-corrected chi connectivity index (χ4v) is 3.94. The van der Waals surface area contributed by atoms with E-state index in [-0.39, 0.29) is 35.6 Å². The number of nitrogens with zero attached hydrogens (tertiary/aromatic N) is 2. The molecule has 0 aliphatic heterocycles. The number of nitrogen functional groups attached to an aromatic ring is 1. The number of nitrogens with one attached hydrogen (secondary N) is 1. The lowest BCUT2D eigenvalue weighted by atomic mass is 9.98. The number of fused-ring (bicyclic) bond motifs is 3. The molecule has 1 aromatic heterocycles. The quantitative estimate of drug-likeness (QED) is 0.463. The third-order valence-electron chi connectivity index (χ3n) is 5.31. The van der Waals surface area contributed by atoms with Crippen LogP contribution in [-0.2, 0) is 4.74 Å². The number of aliphatic hydroxyl groups is 2. The number of rotatable bonds is 6. The molecule has 1 heterocycles. The number of ether oxygens (including phenoxy) is 1. The van der Waals surface area contributed by atoms with E-state index in [0.717, 1.165) is 22.3 Å². The molecule has 2 unspecified atom stereocenters. The monoisotopic (exact) mass is 440 g/mol. The average Bonchev–Trinajstić information content (AvgIpc) is 3.11. The van der Waals surface area contributed by atoms with Gasteiger partial charge in [0.05, 0.1) is 0 Å². The molecule has 5 N–H and O–H groups in total. The zero-order chi connectivity index (χ0) is 22.0. The number of amides is 1. The fraction of sp³-hybridized carbons (Fsp3) is 0.227. The Labute approximate surface area is 183 Å². The zero-order valence-corrected chi connectivity index (χ0v) is 17.2. The van der Waals surface area contributed by atoms with Gasteiger partial charge in [-0.3, -0.25) is 0 Å². The van der Waals surface area contributed by atoms with Crippen LogP contribution in [0.5, 0.6) is 0 Å². The number of nitrogens with two attached hydrogens (primary N) is 1. The number of hydrogen-bond donors (Lipinski definition) is 4. The van der Waals surface area contributed by atoms with Crippen LogP contribution in [0.3, 0.4) is 0 Å². The molecule has 2 aromatic carbocycles. The predicted molar refractivity (Wildman–Crippen MR) is 115 cm³/mol. The van der Waals surface area contributed by atoms with Gasteiger partial charge in [-0.1, -0.05) is 60.1 Å². The maximum atomic E-state index is 12.2. The smallest absolute Gasteiger partial charge is 0.407 e. The van der Waals surface area contributed by atoms with Crippen molar-refractivity contribution in [1.82, 2.24) is 15.5 Å². The lowest BCUT2D eigenvalue weighted by Gasteiger charge is -2.20. The number of halogens is 1. The Hall–Kier alpha value is -3.20. The van der Waals surface area contributed by atoms with E-state index in [1.54, 1.807) is 0 Å². The maximum Gasteiger partial charge on any atom is 0.407 e. The second kappa shape index (κ2) is 8.89. The highest BCUT2D eigenvalue weighted by Gasteiger charge is 2.29. The molecule has 0 saturated heterocycles. The number of hydrogen-bond acceptors (Lipinski definition) is 7. The van der Waals surface area contributed by atoms with E-state index in [2.05, 4.69) is 27.6 Å². The highest BCUT2D eigenvalue weighted by Crippen LogP contribution is 2.44. The first-order chi connectivity index (χ1) is 15.0. The minimum atomic E-state index is -1.40. The van der Waals surface area contributed by atoms with Gasteiger partial charge in [0.25, 0.3) is 0 Å². The summed E-state index contributed by atoms with van der Waals surface area (Å²) in [5.41, 5.74) is 10.3. The number of alkyl carbamates (subject to hydrolysis) is 1. The fourth-order valence-electron chi connectivity index (χ4n) is 3.78. The van der Waals surface area contributed by atoms with E-state index in [1.807, 2.05) is 36.4 Å². The van der Waals surface area contributed by atoms with Crippen LogP contribution in [0, 0.1) is 0 Å². The second-order valence-corrected chi connectivity index (χ2v) is 7.61. The van der Waals surface area contributed by atoms with Crippen molar-refractivity contribution >= 4 is 23.5 Å². The highest BCUT2D eigenvalue weighted by molar-refractivity contribution is 6.29. The van der Waals surface area contributed by atoms with Crippen molar-refractivity contribution in [2.45, 2.75) is 18.1 Å². The molecule has 0 spiro atoms. The summed E-state index contributed by atoms with van der Waals surface area (Å²) in [5.74, 6) is -0.129. The topological polar surface area (TPSA) is 131 Å². The van der Waals surface area contributed by atoms with Crippen LogP contribution in [0.4, 0.5) is 10.6 Å². The van der Waals surface area contributed by atoms with Gasteiger partial charge in [0.1, 0.15) is 18.8 Å². The normalized spacial score (nSPS) is 14.4. The molecule has 31 heavy (non-hydrogen) atoms. The van der Waals surface area contributed by atoms with Crippen molar-refractivity contribution in [3.05, 3.63) is 76.4 Å². The van der Waals surface area contributed by atoms with Crippen molar-refractivity contribution in [2.75, 3.05) is 18.9 Å². The summed E-state index contributed by atoms with van der Waals surface area (Å²) in [6, 6.07) is 17.4. The van der Waals surface area contributed by atoms with Crippen molar-refractivity contribution in [1.29, 1.82) is 0 Å². The molecule has 1 aliphatic rings. The summed E-state index contributed by atoms with van der Waals surface area (Å²) in [6.45, 7) is -0.105. The van der Waals surface area contributed by atoms with Crippen LogP contribution in [0.1, 0.15) is 28.7 Å². The van der Waals surface area contributed by atoms with Crippen LogP contribution in [0.2, 0.25) is 5.15 Å². The Bertz CT molecular complexity index is 1060. The number of benzene rings is 2. The predicted octanol–water partition coefficient (Wildman–Crippen LogP) is 2.65. The van der Waals surface area contributed by atoms with Crippen molar-refractivity contribution in [3.63, 3.8) is 0 Å². The highest BCUT2D eigenvalue weighted by atomic mass is 35.5. The van der Waals surface area contributed by atoms with E-state index in [9.17, 15) is 15.0 Å². The van der Waals surface area contributed by atoms with Crippen LogP contribution in [0.25, 0.3) is 11.1 Å². The number of carbonyl (C=O) groups excluding carboxylic acids is 1. The first kappa shape index (κ1) is 21.0. The Morgan fingerprint density at radius 2 is 1.71 bits per heavy atom. The Morgan fingerprint density at radius 3 is 2.35 bits per heavy atom. The third-order valence-corrected chi connectivity index (χ3v) is 5.49. The van der Waals surface area contributed by atoms with Gasteiger partial charge < -0.3 is 26.0 Å². The SMILES string of the molecule is Nc1nnc(Cl)cc1C(O)C(O)CNC(=O)OCC1c2ccccc2-c2ccccc21. The molecular formula is C22H21ClN4O4. The summed E-state index contributed by atoms with van der Waals surface area (Å²) in [7, 11) is 0. The van der Waals surface area contributed by atoms with Gasteiger partial charge in [0.2, 0.25) is 0 Å². The lowest BCUT2D eigenvalue weighted by molar-refractivity contribution is 0.0187. The summed E-state index contributed by atoms with van der Waals surface area (Å²) >= 11 is 5.76. The Balaban J connectivity index is 1.35. The van der Waals surface area contributed by atoms with Crippen LogP contribution >= 0.6 is 11.6 Å². The van der Waals surface area contributed by atoms with Crippen molar-refractivity contribution in [3.8, 4) is 11.1 Å². The number of anilines is 1. The zero-order valence-electron chi connectivity index (χ0n) is 16.4. The molecule has 3 aromatic rings. The number of carbonyl (C=O) groups is 1. The average molecular weight is 441 g/mol. The van der Waals surface area contributed by atoms with Crippen molar-refractivity contribution < 1.29 is 19.7 Å². The van der Waals surface area contributed by atoms with E-state index < -0.39 is 18.3 Å². The van der Waals surface area contributed by atoms with Gasteiger partial charge in [-0.2, -0.15) is 0 Å². The maximum absolute atomic E-state index is 12.2. The molecule has 4 rings (SSSR count). The molecule has 160 valence electrons. The largest absolute Gasteiger partial charge is 0.449 e. The van der Waals surface area contributed by atoms with Crippen LogP contribution < -0.4 is 11.1 Å². The van der Waals surface area contributed by atoms with E-state index >= 15 is 0 Å². The lowest BCUT2D eigenvalue weighted by Crippen LogP contribution is -2.36. The molecular weight excluding hydrogens is 420 g/mol. The molecule has 0 saturated carbocycles. The minimum Gasteiger partial charge on any atom is -0.449 e. The van der Waals surface area contributed by atoms with Crippen LogP contribution in [0.15, 0.2) is 54.6 Å². The molecule has 8 nitrogen and oxygen atoms in total. The van der Waals surface area contributed by atoms with Gasteiger partial charge in [0.15, 0.2) is 11.0 Å². The summed E-state index contributed by atoms with van der Waals surface area (Å²) < 4.78 is 5.41. The molecule has 1 amide bonds. The molecule has 0 bridgehead atoms. The Morgan fingerprint density at radius 1 is 1.10 bits per heavy atom. The molecule has 0 radical (unpaired) electrons.